The normalized spacial score (nSPS) is 30.0. The lowest BCUT2D eigenvalue weighted by atomic mass is 9.88. The zero-order chi connectivity index (χ0) is 27.1. The molecule has 9 heteroatoms. The van der Waals surface area contributed by atoms with Crippen LogP contribution in [0.4, 0.5) is 11.4 Å². The van der Waals surface area contributed by atoms with Crippen molar-refractivity contribution in [1.29, 1.82) is 0 Å². The number of sulfone groups is 1. The molecule has 0 aliphatic carbocycles. The van der Waals surface area contributed by atoms with Gasteiger partial charge < -0.3 is 19.0 Å². The van der Waals surface area contributed by atoms with Gasteiger partial charge >= 0.3 is 0 Å². The van der Waals surface area contributed by atoms with Gasteiger partial charge in [-0.2, -0.15) is 0 Å². The smallest absolute Gasteiger partial charge is 0.256 e. The van der Waals surface area contributed by atoms with Crippen LogP contribution in [0.5, 0.6) is 0 Å². The van der Waals surface area contributed by atoms with Gasteiger partial charge in [0.15, 0.2) is 9.84 Å². The second kappa shape index (κ2) is 10.9. The molecule has 4 unspecified atom stereocenters. The summed E-state index contributed by atoms with van der Waals surface area (Å²) in [7, 11) is -3.12. The summed E-state index contributed by atoms with van der Waals surface area (Å²) >= 11 is 0. The summed E-state index contributed by atoms with van der Waals surface area (Å²) in [5.41, 5.74) is 2.71. The monoisotopic (exact) mass is 546 g/mol. The second-order valence-electron chi connectivity index (χ2n) is 12.1. The molecule has 4 atom stereocenters. The van der Waals surface area contributed by atoms with Crippen LogP contribution in [0.25, 0.3) is 0 Å². The number of nitrogens with zero attached hydrogens (tertiary/aromatic N) is 3. The van der Waals surface area contributed by atoms with E-state index in [0.29, 0.717) is 26.1 Å². The third-order valence-corrected chi connectivity index (χ3v) is 11.0. The Morgan fingerprint density at radius 2 is 1.68 bits per heavy atom. The molecule has 3 saturated heterocycles. The maximum atomic E-state index is 13.6. The van der Waals surface area contributed by atoms with Crippen LogP contribution in [-0.4, -0.2) is 81.2 Å². The Kier molecular flexibility index (Phi) is 7.91. The van der Waals surface area contributed by atoms with Gasteiger partial charge in [-0.3, -0.25) is 9.59 Å². The van der Waals surface area contributed by atoms with Crippen LogP contribution in [0, 0.1) is 0 Å². The Balaban J connectivity index is 1.56. The maximum absolute atomic E-state index is 13.6. The van der Waals surface area contributed by atoms with Gasteiger partial charge in [-0.05, 0) is 64.0 Å². The minimum Gasteiger partial charge on any atom is -0.368 e. The van der Waals surface area contributed by atoms with Gasteiger partial charge in [-0.1, -0.05) is 12.5 Å². The Hall–Kier alpha value is -1.97. The van der Waals surface area contributed by atoms with Crippen LogP contribution in [0.2, 0.25) is 0 Å². The summed E-state index contributed by atoms with van der Waals surface area (Å²) in [6.07, 6.45) is 9.89. The van der Waals surface area contributed by atoms with Gasteiger partial charge in [0, 0.05) is 38.3 Å². The highest BCUT2D eigenvalue weighted by Gasteiger charge is 2.47. The zero-order valence-electron chi connectivity index (χ0n) is 23.2. The first kappa shape index (κ1) is 27.6. The van der Waals surface area contributed by atoms with Crippen molar-refractivity contribution in [2.24, 2.45) is 0 Å². The first-order chi connectivity index (χ1) is 18.1. The number of hydrogen-bond donors (Lipinski definition) is 0. The van der Waals surface area contributed by atoms with E-state index in [1.807, 2.05) is 17.9 Å². The molecule has 4 aliphatic heterocycles. The molecule has 210 valence electrons. The molecule has 0 N–H and O–H groups in total. The number of carbonyl (C=O) groups excluding carboxylic acids is 2. The van der Waals surface area contributed by atoms with Gasteiger partial charge in [-0.25, -0.2) is 8.42 Å². The van der Waals surface area contributed by atoms with E-state index in [1.165, 1.54) is 25.5 Å². The summed E-state index contributed by atoms with van der Waals surface area (Å²) in [6, 6.07) is 6.33. The van der Waals surface area contributed by atoms with E-state index in [9.17, 15) is 18.0 Å². The Morgan fingerprint density at radius 3 is 2.32 bits per heavy atom. The molecule has 2 amide bonds. The quantitative estimate of drug-likeness (QED) is 0.536. The van der Waals surface area contributed by atoms with Gasteiger partial charge in [-0.15, -0.1) is 0 Å². The minimum atomic E-state index is -3.12. The fraction of sp³-hybridized carbons (Fsp3) is 0.724. The fourth-order valence-electron chi connectivity index (χ4n) is 7.55. The summed E-state index contributed by atoms with van der Waals surface area (Å²) < 4.78 is 31.9. The Bertz CT molecular complexity index is 1150. The standard InChI is InChI=1S/C29H44N3O5S/c1-21-19-30(29(34)28-10-9-17-37-28)26-18-23(11-13-25(26)31(21)22(2)33)27-14-12-24(38(3,35)36)20-32(27)15-7-5-4-6-8-16-32/h11,13,18,21,24,27-28H,4-10,12,14-17,19-20H2,1-3H3/q+1. The van der Waals surface area contributed by atoms with E-state index < -0.39 is 15.9 Å². The second-order valence-corrected chi connectivity index (χ2v) is 14.4. The number of carbonyl (C=O) groups is 2. The van der Waals surface area contributed by atoms with E-state index in [1.54, 1.807) is 11.8 Å². The highest BCUT2D eigenvalue weighted by molar-refractivity contribution is 7.91. The van der Waals surface area contributed by atoms with Gasteiger partial charge in [0.05, 0.1) is 37.1 Å². The number of amides is 2. The lowest BCUT2D eigenvalue weighted by molar-refractivity contribution is -0.962. The van der Waals surface area contributed by atoms with Crippen LogP contribution >= 0.6 is 0 Å². The van der Waals surface area contributed by atoms with E-state index in [4.69, 9.17) is 4.74 Å². The highest BCUT2D eigenvalue weighted by atomic mass is 32.2. The molecule has 0 aromatic heterocycles. The SMILES string of the molecule is CC(=O)N1c2ccc(C3CCC(S(C)(=O)=O)C[N+]34CCCCCCC4)cc2N(C(=O)C2CCCO2)CC1C. The minimum absolute atomic E-state index is 0.0214. The molecule has 0 saturated carbocycles. The molecule has 5 rings (SSSR count). The lowest BCUT2D eigenvalue weighted by Gasteiger charge is -2.51. The molecule has 4 heterocycles. The topological polar surface area (TPSA) is 84.0 Å². The van der Waals surface area contributed by atoms with Crippen molar-refractivity contribution >= 4 is 33.0 Å². The lowest BCUT2D eigenvalue weighted by Crippen LogP contribution is -2.59. The molecule has 4 aliphatic rings. The molecular formula is C29H44N3O5S+. The van der Waals surface area contributed by atoms with Crippen molar-refractivity contribution in [3.8, 4) is 0 Å². The summed E-state index contributed by atoms with van der Waals surface area (Å²) in [5.74, 6) is -0.0523. The average Bonchev–Trinajstić information content (AvgIpc) is 3.39. The van der Waals surface area contributed by atoms with Gasteiger partial charge in [0.1, 0.15) is 17.4 Å². The number of benzene rings is 1. The molecule has 8 nitrogen and oxygen atoms in total. The van der Waals surface area contributed by atoms with Crippen molar-refractivity contribution < 1.29 is 27.2 Å². The van der Waals surface area contributed by atoms with Crippen molar-refractivity contribution in [3.63, 3.8) is 0 Å². The van der Waals surface area contributed by atoms with Crippen LogP contribution in [0.3, 0.4) is 0 Å². The summed E-state index contributed by atoms with van der Waals surface area (Å²) in [5, 5.41) is -0.303. The average molecular weight is 547 g/mol. The van der Waals surface area contributed by atoms with Crippen LogP contribution in [-0.2, 0) is 24.2 Å². The zero-order valence-corrected chi connectivity index (χ0v) is 24.0. The van der Waals surface area contributed by atoms with E-state index in [2.05, 4.69) is 12.1 Å². The molecule has 38 heavy (non-hydrogen) atoms. The van der Waals surface area contributed by atoms with E-state index >= 15 is 0 Å². The van der Waals surface area contributed by atoms with Crippen molar-refractivity contribution in [1.82, 2.24) is 0 Å². The first-order valence-corrected chi connectivity index (χ1v) is 16.5. The molecule has 1 aromatic carbocycles. The fourth-order valence-corrected chi connectivity index (χ4v) is 8.68. The molecule has 0 radical (unpaired) electrons. The molecule has 0 bridgehead atoms. The number of piperidine rings is 1. The van der Waals surface area contributed by atoms with Crippen molar-refractivity contribution in [3.05, 3.63) is 23.8 Å². The number of quaternary nitrogens is 1. The Labute approximate surface area is 227 Å². The number of hydrogen-bond acceptors (Lipinski definition) is 5. The number of fused-ring (bicyclic) bond motifs is 1. The predicted octanol–water partition coefficient (Wildman–Crippen LogP) is 3.98. The molecule has 1 spiro atoms. The molecule has 1 aromatic rings. The molecular weight excluding hydrogens is 502 g/mol. The molecule has 3 fully saturated rings. The number of rotatable bonds is 3. The highest BCUT2D eigenvalue weighted by Crippen LogP contribution is 2.45. The largest absolute Gasteiger partial charge is 0.368 e. The van der Waals surface area contributed by atoms with Crippen molar-refractivity contribution in [2.75, 3.05) is 48.8 Å². The van der Waals surface area contributed by atoms with Gasteiger partial charge in [0.2, 0.25) is 5.91 Å². The maximum Gasteiger partial charge on any atom is 0.256 e. The Morgan fingerprint density at radius 1 is 0.974 bits per heavy atom. The third kappa shape index (κ3) is 5.26. The van der Waals surface area contributed by atoms with Crippen molar-refractivity contribution in [2.45, 2.75) is 95.1 Å². The summed E-state index contributed by atoms with van der Waals surface area (Å²) in [4.78, 5) is 30.0. The third-order valence-electron chi connectivity index (χ3n) is 9.44. The number of ether oxygens (including phenoxy) is 1. The van der Waals surface area contributed by atoms with E-state index in [-0.39, 0.29) is 29.1 Å². The number of anilines is 2. The predicted molar refractivity (Wildman–Crippen MR) is 149 cm³/mol. The van der Waals surface area contributed by atoms with Crippen LogP contribution < -0.4 is 9.80 Å². The summed E-state index contributed by atoms with van der Waals surface area (Å²) in [6.45, 7) is 7.26. The van der Waals surface area contributed by atoms with Crippen LogP contribution in [0.1, 0.15) is 83.2 Å². The first-order valence-electron chi connectivity index (χ1n) is 14.5. The van der Waals surface area contributed by atoms with E-state index in [0.717, 1.165) is 66.6 Å². The van der Waals surface area contributed by atoms with Crippen LogP contribution in [0.15, 0.2) is 18.2 Å². The van der Waals surface area contributed by atoms with Gasteiger partial charge in [0.25, 0.3) is 5.91 Å².